The van der Waals surface area contributed by atoms with Crippen molar-refractivity contribution in [2.45, 2.75) is 0 Å². The third-order valence-corrected chi connectivity index (χ3v) is 0. The van der Waals surface area contributed by atoms with Gasteiger partial charge in [0.05, 0.1) is 0 Å². The average Bonchev–Trinajstić information content (AvgIpc) is 1.50. The van der Waals surface area contributed by atoms with E-state index in [0.717, 1.165) is 0 Å². The summed E-state index contributed by atoms with van der Waals surface area (Å²) >= 11 is 0.100. The molecule has 0 aromatic heterocycles. The van der Waals surface area contributed by atoms with Gasteiger partial charge in [-0.25, -0.2) is 0 Å². The van der Waals surface area contributed by atoms with Crippen LogP contribution in [0.4, 0.5) is 0 Å². The van der Waals surface area contributed by atoms with Crippen molar-refractivity contribution in [1.29, 1.82) is 0 Å². The maximum atomic E-state index is 8.38. The van der Waals surface area contributed by atoms with E-state index in [2.05, 4.69) is 5.90 Å². The van der Waals surface area contributed by atoms with Crippen molar-refractivity contribution < 1.29 is 3.08 Å². The van der Waals surface area contributed by atoms with Gasteiger partial charge in [0.1, 0.15) is 0 Å². The molecule has 0 rings (SSSR count). The van der Waals surface area contributed by atoms with Crippen LogP contribution in [0.5, 0.6) is 0 Å². The summed E-state index contributed by atoms with van der Waals surface area (Å²) in [4.78, 5) is 0. The fourth-order valence-electron chi connectivity index (χ4n) is 0. The Morgan fingerprint density at radius 3 is 1.50 bits per heavy atom. The molecular weight excluding hydrogens is 165 g/mol. The van der Waals surface area contributed by atoms with E-state index >= 15 is 0 Å². The summed E-state index contributed by atoms with van der Waals surface area (Å²) in [5, 5.41) is 7.75. The number of rotatable bonds is 0. The molecule has 0 saturated carbocycles. The molecular formula is H3NO2Sn-. The zero-order valence-corrected chi connectivity index (χ0v) is 5.27. The van der Waals surface area contributed by atoms with E-state index in [1.807, 2.05) is 0 Å². The van der Waals surface area contributed by atoms with Crippen molar-refractivity contribution in [2.75, 3.05) is 0 Å². The summed E-state index contributed by atoms with van der Waals surface area (Å²) in [5.74, 6) is 3.25. The molecule has 0 saturated heterocycles. The quantitative estimate of drug-likeness (QED) is 0.360. The van der Waals surface area contributed by atoms with Crippen LogP contribution in [0.1, 0.15) is 0 Å². The number of hydrogen-bond acceptors (Lipinski definition) is 3. The molecule has 0 aliphatic heterocycles. The van der Waals surface area contributed by atoms with E-state index in [9.17, 15) is 0 Å². The Morgan fingerprint density at radius 2 is 1.50 bits per heavy atom. The van der Waals surface area contributed by atoms with Gasteiger partial charge in [0, 0.05) is 0 Å². The Labute approximate surface area is 37.2 Å². The molecule has 0 spiro atoms. The van der Waals surface area contributed by atoms with Gasteiger partial charge in [-0.2, -0.15) is 0 Å². The molecule has 0 atom stereocenters. The molecule has 0 fully saturated rings. The monoisotopic (exact) mass is 169 g/mol. The van der Waals surface area contributed by atoms with Gasteiger partial charge in [0.15, 0.2) is 0 Å². The third-order valence-electron chi connectivity index (χ3n) is 0. The van der Waals surface area contributed by atoms with Crippen molar-refractivity contribution in [3.8, 4) is 0 Å². The van der Waals surface area contributed by atoms with E-state index in [1.54, 1.807) is 0 Å². The fourth-order valence-corrected chi connectivity index (χ4v) is 0. The molecule has 0 unspecified atom stereocenters. The molecule has 0 aliphatic rings. The molecule has 4 heavy (non-hydrogen) atoms. The van der Waals surface area contributed by atoms with Crippen molar-refractivity contribution in [3.05, 3.63) is 5.21 Å². The van der Waals surface area contributed by atoms with Crippen LogP contribution in [0.25, 0.3) is 0 Å². The van der Waals surface area contributed by atoms with Gasteiger partial charge in [-0.05, 0) is 0 Å². The van der Waals surface area contributed by atoms with E-state index < -0.39 is 0 Å². The van der Waals surface area contributed by atoms with Crippen molar-refractivity contribution in [2.24, 2.45) is 5.90 Å². The molecule has 0 bridgehead atoms. The van der Waals surface area contributed by atoms with E-state index in [-0.39, 0.29) is 22.5 Å². The van der Waals surface area contributed by atoms with E-state index in [4.69, 9.17) is 8.28 Å². The van der Waals surface area contributed by atoms with Gasteiger partial charge in [0.25, 0.3) is 0 Å². The van der Waals surface area contributed by atoms with Gasteiger partial charge >= 0.3 is 25.6 Å². The molecule has 1 radical (unpaired) electrons. The second-order valence-electron chi connectivity index (χ2n) is 0. The van der Waals surface area contributed by atoms with Gasteiger partial charge in [0.2, 0.25) is 0 Å². The molecule has 3 nitrogen and oxygen atoms in total. The van der Waals surface area contributed by atoms with Gasteiger partial charge < -0.3 is 11.1 Å². The summed E-state index contributed by atoms with van der Waals surface area (Å²) in [5.41, 5.74) is 0. The van der Waals surface area contributed by atoms with Crippen LogP contribution in [0.15, 0.2) is 0 Å². The van der Waals surface area contributed by atoms with Crippen LogP contribution in [-0.2, 0) is 3.08 Å². The average molecular weight is 168 g/mol. The first-order valence-corrected chi connectivity index (χ1v) is 1.82. The van der Waals surface area contributed by atoms with Crippen molar-refractivity contribution >= 4 is 22.5 Å². The molecule has 25 valence electrons. The van der Waals surface area contributed by atoms with Gasteiger partial charge in [-0.15, -0.1) is 0 Å². The van der Waals surface area contributed by atoms with Gasteiger partial charge in [-0.3, -0.25) is 0 Å². The molecule has 0 aromatic carbocycles. The predicted octanol–water partition coefficient (Wildman–Crippen LogP) is -1.32. The van der Waals surface area contributed by atoms with Crippen LogP contribution < -0.4 is 5.90 Å². The topological polar surface area (TPSA) is 66.2 Å². The summed E-state index contributed by atoms with van der Waals surface area (Å²) in [6.45, 7) is 0. The van der Waals surface area contributed by atoms with Crippen molar-refractivity contribution in [3.63, 3.8) is 0 Å². The molecule has 0 heterocycles. The number of hydrogen-bond donors (Lipinski definition) is 1. The third kappa shape index (κ3) is 21.6. The summed E-state index contributed by atoms with van der Waals surface area (Å²) in [6.07, 6.45) is 0. The first-order chi connectivity index (χ1) is 2.00. The molecule has 0 aromatic rings. The van der Waals surface area contributed by atoms with Crippen LogP contribution in [0.2, 0.25) is 0 Å². The summed E-state index contributed by atoms with van der Waals surface area (Å²) < 4.78 is 8.38. The first-order valence-electron chi connectivity index (χ1n) is 0.471. The molecule has 0 aliphatic carbocycles. The minimum atomic E-state index is 0.100. The second kappa shape index (κ2) is 83.0. The van der Waals surface area contributed by atoms with Crippen LogP contribution in [0.3, 0.4) is 0 Å². The Hall–Kier alpha value is 0.519. The van der Waals surface area contributed by atoms with E-state index in [0.29, 0.717) is 0 Å². The zero-order chi connectivity index (χ0) is 4.00. The normalized spacial score (nSPS) is 2.50. The molecule has 2 N–H and O–H groups in total. The SMILES string of the molecule is N[O-].[O]=[SnH]. The van der Waals surface area contributed by atoms with Crippen LogP contribution in [-0.4, -0.2) is 22.5 Å². The Balaban J connectivity index is 0. The fraction of sp³-hybridized carbons (Fsp3) is 0. The Bertz CT molecular complexity index is 6.00. The Morgan fingerprint density at radius 1 is 1.50 bits per heavy atom. The molecule has 4 heteroatoms. The van der Waals surface area contributed by atoms with Crippen LogP contribution >= 0.6 is 0 Å². The summed E-state index contributed by atoms with van der Waals surface area (Å²) in [7, 11) is 0. The standard InChI is InChI=1S/H2NO.O.Sn.H/c1-2;;;/h1H2;;;/q-1;;;. The zero-order valence-electron chi connectivity index (χ0n) is 1.97. The van der Waals surface area contributed by atoms with E-state index in [1.165, 1.54) is 0 Å². The molecule has 0 amide bonds. The minimum absolute atomic E-state index is 0.100. The Kier molecular flexibility index (Phi) is 183. The maximum absolute atomic E-state index is 8.38. The predicted molar refractivity (Wildman–Crippen MR) is 15.4 cm³/mol. The van der Waals surface area contributed by atoms with Crippen LogP contribution in [0, 0.1) is 5.21 Å². The number of nitrogens with two attached hydrogens (primary N) is 1. The first kappa shape index (κ1) is 8.82. The second-order valence-corrected chi connectivity index (χ2v) is 0. The summed E-state index contributed by atoms with van der Waals surface area (Å²) in [6, 6.07) is 0. The van der Waals surface area contributed by atoms with Crippen molar-refractivity contribution in [1.82, 2.24) is 0 Å². The van der Waals surface area contributed by atoms with Gasteiger partial charge in [-0.1, -0.05) is 0 Å².